The van der Waals surface area contributed by atoms with Gasteiger partial charge in [-0.05, 0) is 34.9 Å². The number of ether oxygens (including phenoxy) is 2. The van der Waals surface area contributed by atoms with Crippen LogP contribution in [0.15, 0.2) is 91.0 Å². The molecule has 0 aliphatic carbocycles. The van der Waals surface area contributed by atoms with E-state index in [9.17, 15) is 19.5 Å². The average molecular weight is 459 g/mol. The van der Waals surface area contributed by atoms with Gasteiger partial charge in [0.2, 0.25) is 5.91 Å². The van der Waals surface area contributed by atoms with Crippen molar-refractivity contribution in [1.29, 1.82) is 0 Å². The molecule has 3 rings (SSSR count). The summed E-state index contributed by atoms with van der Waals surface area (Å²) in [7, 11) is 0. The molecule has 0 saturated heterocycles. The van der Waals surface area contributed by atoms with E-state index in [0.29, 0.717) is 5.56 Å². The van der Waals surface area contributed by atoms with Crippen molar-refractivity contribution in [3.8, 4) is 5.75 Å². The van der Waals surface area contributed by atoms with E-state index in [2.05, 4.69) is 5.32 Å². The molecule has 0 fully saturated rings. The van der Waals surface area contributed by atoms with Crippen molar-refractivity contribution < 1.29 is 29.0 Å². The van der Waals surface area contributed by atoms with Gasteiger partial charge < -0.3 is 19.9 Å². The molecule has 0 unspecified atom stereocenters. The second-order valence-electron chi connectivity index (χ2n) is 7.43. The van der Waals surface area contributed by atoms with Crippen LogP contribution in [0.2, 0.25) is 0 Å². The molecule has 0 heterocycles. The highest BCUT2D eigenvalue weighted by Gasteiger charge is 2.25. The first-order valence-electron chi connectivity index (χ1n) is 10.7. The minimum Gasteiger partial charge on any atom is -0.508 e. The van der Waals surface area contributed by atoms with Crippen LogP contribution in [-0.4, -0.2) is 29.0 Å². The fourth-order valence-corrected chi connectivity index (χ4v) is 2.96. The van der Waals surface area contributed by atoms with Gasteiger partial charge in [-0.3, -0.25) is 9.59 Å². The molecule has 2 N–H and O–H groups in total. The molecule has 1 amide bonds. The normalized spacial score (nSPS) is 11.5. The number of aromatic hydroxyl groups is 1. The molecule has 34 heavy (non-hydrogen) atoms. The number of carbonyl (C=O) groups is 3. The zero-order chi connectivity index (χ0) is 24.2. The Morgan fingerprint density at radius 3 is 1.94 bits per heavy atom. The predicted octanol–water partition coefficient (Wildman–Crippen LogP) is 3.77. The van der Waals surface area contributed by atoms with Crippen molar-refractivity contribution in [3.05, 3.63) is 108 Å². The maximum atomic E-state index is 12.7. The molecule has 0 aliphatic rings. The first-order valence-corrected chi connectivity index (χ1v) is 10.7. The fraction of sp³-hybridized carbons (Fsp3) is 0.148. The van der Waals surface area contributed by atoms with Crippen LogP contribution in [0.25, 0.3) is 6.08 Å². The zero-order valence-corrected chi connectivity index (χ0v) is 18.4. The summed E-state index contributed by atoms with van der Waals surface area (Å²) in [5.74, 6) is -1.86. The Balaban J connectivity index is 1.61. The minimum atomic E-state index is -1.22. The fourth-order valence-electron chi connectivity index (χ4n) is 2.96. The summed E-state index contributed by atoms with van der Waals surface area (Å²) in [4.78, 5) is 37.5. The van der Waals surface area contributed by atoms with Gasteiger partial charge in [0.05, 0.1) is 6.42 Å². The molecule has 174 valence electrons. The summed E-state index contributed by atoms with van der Waals surface area (Å²) in [6.07, 6.45) is 2.38. The number of rotatable bonds is 10. The lowest BCUT2D eigenvalue weighted by Gasteiger charge is -2.16. The third kappa shape index (κ3) is 8.27. The van der Waals surface area contributed by atoms with Crippen molar-refractivity contribution >= 4 is 23.9 Å². The number of phenolic OH excluding ortho intramolecular Hbond substituents is 1. The quantitative estimate of drug-likeness (QED) is 0.354. The molecule has 0 aliphatic heterocycles. The lowest BCUT2D eigenvalue weighted by atomic mass is 10.2. The lowest BCUT2D eigenvalue weighted by Crippen LogP contribution is -2.42. The van der Waals surface area contributed by atoms with E-state index in [-0.39, 0.29) is 25.4 Å². The first kappa shape index (κ1) is 24.3. The topological polar surface area (TPSA) is 102 Å². The smallest absolute Gasteiger partial charge is 0.329 e. The van der Waals surface area contributed by atoms with Gasteiger partial charge in [0.1, 0.15) is 25.0 Å². The molecule has 7 heteroatoms. The highest BCUT2D eigenvalue weighted by molar-refractivity contribution is 5.95. The second kappa shape index (κ2) is 12.6. The number of hydrogen-bond donors (Lipinski definition) is 2. The number of phenols is 1. The SMILES string of the molecule is O=C(/C=C/c1ccc(O)cc1)N[C@@H](CC(=O)OCc1ccccc1)C(=O)OCc1ccccc1. The highest BCUT2D eigenvalue weighted by atomic mass is 16.5. The second-order valence-corrected chi connectivity index (χ2v) is 7.43. The van der Waals surface area contributed by atoms with Gasteiger partial charge in [0.25, 0.3) is 0 Å². The van der Waals surface area contributed by atoms with E-state index in [1.165, 1.54) is 24.3 Å². The maximum absolute atomic E-state index is 12.7. The van der Waals surface area contributed by atoms with Gasteiger partial charge in [-0.25, -0.2) is 4.79 Å². The van der Waals surface area contributed by atoms with Crippen LogP contribution in [0.4, 0.5) is 0 Å². The van der Waals surface area contributed by atoms with Crippen LogP contribution < -0.4 is 5.32 Å². The zero-order valence-electron chi connectivity index (χ0n) is 18.4. The van der Waals surface area contributed by atoms with Gasteiger partial charge in [-0.15, -0.1) is 0 Å². The molecule has 3 aromatic carbocycles. The molecular formula is C27H25NO6. The van der Waals surface area contributed by atoms with Crippen molar-refractivity contribution in [2.45, 2.75) is 25.7 Å². The average Bonchev–Trinajstić information content (AvgIpc) is 2.86. The third-order valence-electron chi connectivity index (χ3n) is 4.76. The van der Waals surface area contributed by atoms with Gasteiger partial charge in [-0.2, -0.15) is 0 Å². The van der Waals surface area contributed by atoms with Crippen LogP contribution in [0.3, 0.4) is 0 Å². The summed E-state index contributed by atoms with van der Waals surface area (Å²) >= 11 is 0. The Labute approximate surface area is 197 Å². The first-order chi connectivity index (χ1) is 16.5. The number of amides is 1. The van der Waals surface area contributed by atoms with Crippen LogP contribution in [0.5, 0.6) is 5.75 Å². The van der Waals surface area contributed by atoms with Crippen LogP contribution in [0.1, 0.15) is 23.1 Å². The Morgan fingerprint density at radius 1 is 0.794 bits per heavy atom. The Hall–Kier alpha value is -4.39. The lowest BCUT2D eigenvalue weighted by molar-refractivity contribution is -0.154. The number of carbonyl (C=O) groups excluding carboxylic acids is 3. The summed E-state index contributed by atoms with van der Waals surface area (Å²) in [6, 6.07) is 23.2. The van der Waals surface area contributed by atoms with Gasteiger partial charge in [0.15, 0.2) is 0 Å². The molecule has 3 aromatic rings. The predicted molar refractivity (Wildman–Crippen MR) is 126 cm³/mol. The van der Waals surface area contributed by atoms with Crippen molar-refractivity contribution in [2.24, 2.45) is 0 Å². The van der Waals surface area contributed by atoms with Crippen molar-refractivity contribution in [3.63, 3.8) is 0 Å². The van der Waals surface area contributed by atoms with E-state index in [1.54, 1.807) is 24.3 Å². The number of benzene rings is 3. The molecular weight excluding hydrogens is 434 g/mol. The number of nitrogens with one attached hydrogen (secondary N) is 1. The van der Waals surface area contributed by atoms with E-state index in [0.717, 1.165) is 11.1 Å². The summed E-state index contributed by atoms with van der Waals surface area (Å²) in [5.41, 5.74) is 2.26. The number of esters is 2. The standard InChI is InChI=1S/C27H25NO6/c29-23-14-11-20(12-15-23)13-16-25(30)28-24(27(32)34-19-22-9-5-2-6-10-22)17-26(31)33-18-21-7-3-1-4-8-21/h1-16,24,29H,17-19H2,(H,28,30)/b16-13+/t24-/m0/s1. The summed E-state index contributed by atoms with van der Waals surface area (Å²) in [6.45, 7) is 0.0641. The summed E-state index contributed by atoms with van der Waals surface area (Å²) < 4.78 is 10.6. The van der Waals surface area contributed by atoms with Crippen LogP contribution >= 0.6 is 0 Å². The number of hydrogen-bond acceptors (Lipinski definition) is 6. The molecule has 0 radical (unpaired) electrons. The van der Waals surface area contributed by atoms with E-state index in [4.69, 9.17) is 9.47 Å². The van der Waals surface area contributed by atoms with E-state index >= 15 is 0 Å². The highest BCUT2D eigenvalue weighted by Crippen LogP contribution is 2.11. The van der Waals surface area contributed by atoms with E-state index in [1.807, 2.05) is 48.5 Å². The summed E-state index contributed by atoms with van der Waals surface area (Å²) in [5, 5.41) is 11.9. The van der Waals surface area contributed by atoms with Crippen LogP contribution in [0, 0.1) is 0 Å². The Morgan fingerprint density at radius 2 is 1.35 bits per heavy atom. The van der Waals surface area contributed by atoms with E-state index < -0.39 is 23.9 Å². The third-order valence-corrected chi connectivity index (χ3v) is 4.76. The van der Waals surface area contributed by atoms with Crippen molar-refractivity contribution in [1.82, 2.24) is 5.32 Å². The Bertz CT molecular complexity index is 1110. The van der Waals surface area contributed by atoms with Crippen molar-refractivity contribution in [2.75, 3.05) is 0 Å². The molecule has 0 aromatic heterocycles. The monoisotopic (exact) mass is 459 g/mol. The van der Waals surface area contributed by atoms with Gasteiger partial charge in [-0.1, -0.05) is 72.8 Å². The molecule has 0 saturated carbocycles. The molecule has 0 bridgehead atoms. The molecule has 0 spiro atoms. The largest absolute Gasteiger partial charge is 0.508 e. The molecule has 7 nitrogen and oxygen atoms in total. The Kier molecular flexibility index (Phi) is 8.99. The van der Waals surface area contributed by atoms with Gasteiger partial charge >= 0.3 is 11.9 Å². The van der Waals surface area contributed by atoms with Crippen LogP contribution in [-0.2, 0) is 37.1 Å². The molecule has 1 atom stereocenters. The maximum Gasteiger partial charge on any atom is 0.329 e. The minimum absolute atomic E-state index is 0.00839. The van der Waals surface area contributed by atoms with Gasteiger partial charge in [0, 0.05) is 6.08 Å².